The lowest BCUT2D eigenvalue weighted by molar-refractivity contribution is 0.108. The van der Waals surface area contributed by atoms with Crippen molar-refractivity contribution in [1.29, 1.82) is 0 Å². The Balaban J connectivity index is 1.73. The van der Waals surface area contributed by atoms with Gasteiger partial charge in [-0.15, -0.1) is 0 Å². The van der Waals surface area contributed by atoms with E-state index in [-0.39, 0.29) is 5.56 Å². The van der Waals surface area contributed by atoms with Crippen molar-refractivity contribution in [2.45, 2.75) is 50.3 Å². The first-order valence-electron chi connectivity index (χ1n) is 6.64. The largest absolute Gasteiger partial charge is 0.381 e. The van der Waals surface area contributed by atoms with Crippen molar-refractivity contribution in [3.8, 4) is 0 Å². The van der Waals surface area contributed by atoms with Crippen LogP contribution in [0.4, 0.5) is 5.82 Å². The maximum absolute atomic E-state index is 12.2. The first-order valence-corrected chi connectivity index (χ1v) is 6.64. The van der Waals surface area contributed by atoms with Gasteiger partial charge < -0.3 is 14.6 Å². The van der Waals surface area contributed by atoms with Crippen LogP contribution in [0.2, 0.25) is 0 Å². The zero-order valence-electron chi connectivity index (χ0n) is 10.6. The van der Waals surface area contributed by atoms with E-state index in [1.165, 1.54) is 0 Å². The molecule has 3 rings (SSSR count). The van der Waals surface area contributed by atoms with E-state index >= 15 is 0 Å². The van der Waals surface area contributed by atoms with Crippen LogP contribution in [0.3, 0.4) is 0 Å². The number of rotatable bonds is 4. The van der Waals surface area contributed by atoms with Crippen LogP contribution in [0.5, 0.6) is 0 Å². The first-order chi connectivity index (χ1) is 8.78. The summed E-state index contributed by atoms with van der Waals surface area (Å²) in [6.45, 7) is 0. The zero-order chi connectivity index (χ0) is 12.5. The van der Waals surface area contributed by atoms with E-state index < -0.39 is 0 Å². The number of ether oxygens (including phenoxy) is 1. The molecular weight excluding hydrogens is 230 g/mol. The Bertz CT molecular complexity index is 481. The van der Waals surface area contributed by atoms with E-state index in [0.29, 0.717) is 24.0 Å². The van der Waals surface area contributed by atoms with Gasteiger partial charge in [0.1, 0.15) is 0 Å². The lowest BCUT2D eigenvalue weighted by atomic mass is 10.2. The minimum atomic E-state index is 0.0147. The van der Waals surface area contributed by atoms with Gasteiger partial charge in [-0.25, -0.2) is 4.98 Å². The molecule has 0 bridgehead atoms. The van der Waals surface area contributed by atoms with Crippen molar-refractivity contribution in [3.05, 3.63) is 22.7 Å². The molecule has 0 aliphatic heterocycles. The summed E-state index contributed by atoms with van der Waals surface area (Å²) >= 11 is 0. The monoisotopic (exact) mass is 249 g/mol. The molecule has 2 aliphatic rings. The molecule has 18 heavy (non-hydrogen) atoms. The van der Waals surface area contributed by atoms with Crippen LogP contribution < -0.4 is 10.9 Å². The zero-order valence-corrected chi connectivity index (χ0v) is 10.6. The lowest BCUT2D eigenvalue weighted by Gasteiger charge is -2.14. The summed E-state index contributed by atoms with van der Waals surface area (Å²) in [5.74, 6) is 0.492. The van der Waals surface area contributed by atoms with Gasteiger partial charge in [0.15, 0.2) is 5.82 Å². The molecule has 1 heterocycles. The van der Waals surface area contributed by atoms with Crippen molar-refractivity contribution in [2.75, 3.05) is 12.4 Å². The van der Waals surface area contributed by atoms with Gasteiger partial charge in [0.25, 0.3) is 5.56 Å². The van der Waals surface area contributed by atoms with Crippen LogP contribution in [0, 0.1) is 0 Å². The molecule has 5 nitrogen and oxygen atoms in total. The van der Waals surface area contributed by atoms with Crippen molar-refractivity contribution < 1.29 is 4.74 Å². The quantitative estimate of drug-likeness (QED) is 0.879. The molecule has 0 radical (unpaired) electrons. The average molecular weight is 249 g/mol. The predicted octanol–water partition coefficient (Wildman–Crippen LogP) is 1.56. The molecule has 1 N–H and O–H groups in total. The Morgan fingerprint density at radius 3 is 2.89 bits per heavy atom. The van der Waals surface area contributed by atoms with E-state index in [2.05, 4.69) is 10.3 Å². The maximum atomic E-state index is 12.2. The van der Waals surface area contributed by atoms with Crippen molar-refractivity contribution in [3.63, 3.8) is 0 Å². The minimum absolute atomic E-state index is 0.0147. The number of nitrogens with one attached hydrogen (secondary N) is 1. The fourth-order valence-electron chi connectivity index (χ4n) is 2.64. The van der Waals surface area contributed by atoms with Gasteiger partial charge in [-0.05, 0) is 32.1 Å². The Labute approximate surface area is 106 Å². The lowest BCUT2D eigenvalue weighted by Crippen LogP contribution is -2.28. The standard InChI is InChI=1S/C13H19N3O2/c1-18-11-5-2-9(8-11)15-12-13(17)16(7-6-14-12)10-3-4-10/h6-7,9-11H,2-5,8H2,1H3,(H,14,15). The Morgan fingerprint density at radius 1 is 1.39 bits per heavy atom. The number of hydrogen-bond donors (Lipinski definition) is 1. The number of nitrogens with zero attached hydrogens (tertiary/aromatic N) is 2. The summed E-state index contributed by atoms with van der Waals surface area (Å²) in [6.07, 6.45) is 9.09. The molecular formula is C13H19N3O2. The Kier molecular flexibility index (Phi) is 3.07. The highest BCUT2D eigenvalue weighted by molar-refractivity contribution is 5.33. The molecule has 2 unspecified atom stereocenters. The highest BCUT2D eigenvalue weighted by Gasteiger charge is 2.28. The molecule has 0 spiro atoms. The average Bonchev–Trinajstić information content (AvgIpc) is 3.12. The van der Waals surface area contributed by atoms with Gasteiger partial charge >= 0.3 is 0 Å². The van der Waals surface area contributed by atoms with Gasteiger partial charge in [-0.3, -0.25) is 4.79 Å². The second kappa shape index (κ2) is 4.72. The maximum Gasteiger partial charge on any atom is 0.293 e. The SMILES string of the molecule is COC1CCC(Nc2nccn(C3CC3)c2=O)C1. The van der Waals surface area contributed by atoms with Crippen LogP contribution >= 0.6 is 0 Å². The first kappa shape index (κ1) is 11.7. The van der Waals surface area contributed by atoms with E-state index in [9.17, 15) is 4.79 Å². The van der Waals surface area contributed by atoms with E-state index in [1.54, 1.807) is 24.1 Å². The van der Waals surface area contributed by atoms with Gasteiger partial charge in [0.05, 0.1) is 6.10 Å². The second-order valence-electron chi connectivity index (χ2n) is 5.23. The summed E-state index contributed by atoms with van der Waals surface area (Å²) in [7, 11) is 1.74. The third-order valence-corrected chi connectivity index (χ3v) is 3.87. The van der Waals surface area contributed by atoms with Crippen molar-refractivity contribution >= 4 is 5.82 Å². The normalized spacial score (nSPS) is 27.4. The van der Waals surface area contributed by atoms with Gasteiger partial charge in [0.2, 0.25) is 0 Å². The van der Waals surface area contributed by atoms with Crippen molar-refractivity contribution in [2.24, 2.45) is 0 Å². The van der Waals surface area contributed by atoms with Gasteiger partial charge in [-0.2, -0.15) is 0 Å². The molecule has 1 aromatic heterocycles. The van der Waals surface area contributed by atoms with Crippen LogP contribution in [0.25, 0.3) is 0 Å². The fourth-order valence-corrected chi connectivity index (χ4v) is 2.64. The summed E-state index contributed by atoms with van der Waals surface area (Å²) in [5.41, 5.74) is 0.0147. The third-order valence-electron chi connectivity index (χ3n) is 3.87. The molecule has 2 atom stereocenters. The van der Waals surface area contributed by atoms with E-state index in [1.807, 2.05) is 0 Å². The van der Waals surface area contributed by atoms with Gasteiger partial charge in [-0.1, -0.05) is 0 Å². The predicted molar refractivity (Wildman–Crippen MR) is 68.8 cm³/mol. The van der Waals surface area contributed by atoms with Crippen LogP contribution in [0.15, 0.2) is 17.2 Å². The molecule has 98 valence electrons. The smallest absolute Gasteiger partial charge is 0.293 e. The molecule has 2 fully saturated rings. The molecule has 2 aliphatic carbocycles. The van der Waals surface area contributed by atoms with E-state index in [4.69, 9.17) is 4.74 Å². The molecule has 5 heteroatoms. The minimum Gasteiger partial charge on any atom is -0.381 e. The summed E-state index contributed by atoms with van der Waals surface area (Å²) < 4.78 is 7.14. The topological polar surface area (TPSA) is 56.1 Å². The number of aromatic nitrogens is 2. The van der Waals surface area contributed by atoms with Crippen LogP contribution in [-0.4, -0.2) is 28.8 Å². The van der Waals surface area contributed by atoms with Crippen LogP contribution in [0.1, 0.15) is 38.1 Å². The summed E-state index contributed by atoms with van der Waals surface area (Å²) in [5, 5.41) is 3.27. The molecule has 1 aromatic rings. The fraction of sp³-hybridized carbons (Fsp3) is 0.692. The summed E-state index contributed by atoms with van der Waals surface area (Å²) in [4.78, 5) is 16.4. The number of methoxy groups -OCH3 is 1. The molecule has 0 saturated heterocycles. The second-order valence-corrected chi connectivity index (χ2v) is 5.23. The number of hydrogen-bond acceptors (Lipinski definition) is 4. The van der Waals surface area contributed by atoms with Gasteiger partial charge in [0, 0.05) is 31.6 Å². The highest BCUT2D eigenvalue weighted by Crippen LogP contribution is 2.33. The Hall–Kier alpha value is -1.36. The molecule has 2 saturated carbocycles. The highest BCUT2D eigenvalue weighted by atomic mass is 16.5. The Morgan fingerprint density at radius 2 is 2.22 bits per heavy atom. The third kappa shape index (κ3) is 2.27. The molecule has 0 amide bonds. The number of anilines is 1. The molecule has 0 aromatic carbocycles. The van der Waals surface area contributed by atoms with Crippen LogP contribution in [-0.2, 0) is 4.74 Å². The summed E-state index contributed by atoms with van der Waals surface area (Å²) in [6, 6.07) is 0.710. The van der Waals surface area contributed by atoms with Crippen molar-refractivity contribution in [1.82, 2.24) is 9.55 Å². The van der Waals surface area contributed by atoms with E-state index in [0.717, 1.165) is 32.1 Å².